The molecule has 0 spiro atoms. The molecule has 17 heavy (non-hydrogen) atoms. The number of hydrogen-bond donors (Lipinski definition) is 1. The second-order valence-corrected chi connectivity index (χ2v) is 5.87. The Hall–Kier alpha value is -0.530. The van der Waals surface area contributed by atoms with Gasteiger partial charge < -0.3 is 5.32 Å². The SMILES string of the molecule is Clc1ccc2c(c1)CCC2NC1CCCCC1. The van der Waals surface area contributed by atoms with Gasteiger partial charge in [-0.05, 0) is 48.9 Å². The van der Waals surface area contributed by atoms with E-state index in [-0.39, 0.29) is 0 Å². The number of fused-ring (bicyclic) bond motifs is 1. The molecule has 2 aliphatic rings. The molecule has 2 heteroatoms. The monoisotopic (exact) mass is 249 g/mol. The molecule has 1 N–H and O–H groups in total. The number of hydrogen-bond acceptors (Lipinski definition) is 1. The third kappa shape index (κ3) is 2.51. The van der Waals surface area contributed by atoms with E-state index in [1.54, 1.807) is 0 Å². The summed E-state index contributed by atoms with van der Waals surface area (Å²) in [5.74, 6) is 0. The molecule has 1 unspecified atom stereocenters. The maximum absolute atomic E-state index is 6.04. The van der Waals surface area contributed by atoms with Crippen LogP contribution in [0.2, 0.25) is 5.02 Å². The molecule has 1 nitrogen and oxygen atoms in total. The predicted octanol–water partition coefficient (Wildman–Crippen LogP) is 4.25. The standard InChI is InChI=1S/C15H20ClN/c16-12-7-8-14-11(10-12)6-9-15(14)17-13-4-2-1-3-5-13/h7-8,10,13,15,17H,1-6,9H2. The van der Waals surface area contributed by atoms with Gasteiger partial charge in [0.05, 0.1) is 0 Å². The van der Waals surface area contributed by atoms with Crippen molar-refractivity contribution in [1.82, 2.24) is 5.32 Å². The lowest BCUT2D eigenvalue weighted by atomic mass is 9.94. The van der Waals surface area contributed by atoms with Crippen molar-refractivity contribution in [3.05, 3.63) is 34.3 Å². The van der Waals surface area contributed by atoms with Gasteiger partial charge in [-0.25, -0.2) is 0 Å². The van der Waals surface area contributed by atoms with Crippen molar-refractivity contribution in [3.63, 3.8) is 0 Å². The summed E-state index contributed by atoms with van der Waals surface area (Å²) < 4.78 is 0. The van der Waals surface area contributed by atoms with Crippen LogP contribution in [0.1, 0.15) is 55.7 Å². The maximum atomic E-state index is 6.04. The molecule has 1 aromatic carbocycles. The van der Waals surface area contributed by atoms with E-state index in [4.69, 9.17) is 11.6 Å². The topological polar surface area (TPSA) is 12.0 Å². The van der Waals surface area contributed by atoms with Gasteiger partial charge in [-0.3, -0.25) is 0 Å². The van der Waals surface area contributed by atoms with Crippen LogP contribution < -0.4 is 5.32 Å². The Morgan fingerprint density at radius 1 is 1.06 bits per heavy atom. The minimum absolute atomic E-state index is 0.574. The van der Waals surface area contributed by atoms with Gasteiger partial charge in [0.2, 0.25) is 0 Å². The van der Waals surface area contributed by atoms with E-state index in [1.807, 2.05) is 6.07 Å². The van der Waals surface area contributed by atoms with Crippen LogP contribution in [0.5, 0.6) is 0 Å². The number of nitrogens with one attached hydrogen (secondary N) is 1. The molecule has 1 aromatic rings. The average Bonchev–Trinajstić information content (AvgIpc) is 2.73. The molecular weight excluding hydrogens is 230 g/mol. The molecule has 0 heterocycles. The quantitative estimate of drug-likeness (QED) is 0.826. The van der Waals surface area contributed by atoms with Gasteiger partial charge in [0, 0.05) is 17.1 Å². The first kappa shape index (κ1) is 11.6. The van der Waals surface area contributed by atoms with Crippen molar-refractivity contribution in [2.24, 2.45) is 0 Å². The van der Waals surface area contributed by atoms with E-state index in [9.17, 15) is 0 Å². The highest BCUT2D eigenvalue weighted by Gasteiger charge is 2.25. The highest BCUT2D eigenvalue weighted by Crippen LogP contribution is 2.34. The Kier molecular flexibility index (Phi) is 3.39. The largest absolute Gasteiger partial charge is 0.307 e. The highest BCUT2D eigenvalue weighted by atomic mass is 35.5. The fourth-order valence-corrected chi connectivity index (χ4v) is 3.51. The first-order valence-corrected chi connectivity index (χ1v) is 7.25. The third-order valence-corrected chi connectivity index (χ3v) is 4.46. The molecule has 2 aliphatic carbocycles. The summed E-state index contributed by atoms with van der Waals surface area (Å²) in [6.07, 6.45) is 9.37. The van der Waals surface area contributed by atoms with Gasteiger partial charge in [-0.1, -0.05) is 36.9 Å². The Morgan fingerprint density at radius 2 is 1.88 bits per heavy atom. The van der Waals surface area contributed by atoms with Crippen LogP contribution in [0.3, 0.4) is 0 Å². The molecular formula is C15H20ClN. The number of benzene rings is 1. The van der Waals surface area contributed by atoms with Crippen molar-refractivity contribution in [2.75, 3.05) is 0 Å². The maximum Gasteiger partial charge on any atom is 0.0408 e. The van der Waals surface area contributed by atoms with Crippen LogP contribution >= 0.6 is 11.6 Å². The number of aryl methyl sites for hydroxylation is 1. The zero-order valence-electron chi connectivity index (χ0n) is 10.2. The second-order valence-electron chi connectivity index (χ2n) is 5.44. The zero-order chi connectivity index (χ0) is 11.7. The molecule has 1 atom stereocenters. The lowest BCUT2D eigenvalue weighted by Gasteiger charge is -2.27. The molecule has 1 fully saturated rings. The summed E-state index contributed by atoms with van der Waals surface area (Å²) >= 11 is 6.04. The van der Waals surface area contributed by atoms with Crippen molar-refractivity contribution in [2.45, 2.75) is 57.0 Å². The molecule has 0 aromatic heterocycles. The smallest absolute Gasteiger partial charge is 0.0408 e. The molecule has 0 aliphatic heterocycles. The van der Waals surface area contributed by atoms with Gasteiger partial charge in [0.1, 0.15) is 0 Å². The number of rotatable bonds is 2. The fraction of sp³-hybridized carbons (Fsp3) is 0.600. The molecule has 0 amide bonds. The van der Waals surface area contributed by atoms with Crippen molar-refractivity contribution in [1.29, 1.82) is 0 Å². The predicted molar refractivity (Wildman–Crippen MR) is 72.5 cm³/mol. The normalized spacial score (nSPS) is 24.9. The van der Waals surface area contributed by atoms with Crippen LogP contribution in [0, 0.1) is 0 Å². The van der Waals surface area contributed by atoms with Crippen LogP contribution in [-0.4, -0.2) is 6.04 Å². The van der Waals surface area contributed by atoms with E-state index in [1.165, 1.54) is 56.1 Å². The molecule has 0 bridgehead atoms. The minimum atomic E-state index is 0.574. The number of halogens is 1. The van der Waals surface area contributed by atoms with E-state index in [2.05, 4.69) is 17.4 Å². The Labute approximate surface area is 109 Å². The zero-order valence-corrected chi connectivity index (χ0v) is 11.0. The van der Waals surface area contributed by atoms with Gasteiger partial charge in [-0.2, -0.15) is 0 Å². The first-order chi connectivity index (χ1) is 8.33. The summed E-state index contributed by atoms with van der Waals surface area (Å²) in [5, 5.41) is 4.73. The van der Waals surface area contributed by atoms with Gasteiger partial charge in [0.15, 0.2) is 0 Å². The summed E-state index contributed by atoms with van der Waals surface area (Å²) in [6, 6.07) is 7.70. The van der Waals surface area contributed by atoms with Crippen LogP contribution in [0.25, 0.3) is 0 Å². The first-order valence-electron chi connectivity index (χ1n) is 6.87. The van der Waals surface area contributed by atoms with Crippen molar-refractivity contribution < 1.29 is 0 Å². The summed E-state index contributed by atoms with van der Waals surface area (Å²) in [4.78, 5) is 0. The summed E-state index contributed by atoms with van der Waals surface area (Å²) in [7, 11) is 0. The Bertz CT molecular complexity index is 396. The van der Waals surface area contributed by atoms with Gasteiger partial charge >= 0.3 is 0 Å². The third-order valence-electron chi connectivity index (χ3n) is 4.22. The second kappa shape index (κ2) is 4.99. The molecule has 1 saturated carbocycles. The van der Waals surface area contributed by atoms with Crippen LogP contribution in [0.15, 0.2) is 18.2 Å². The minimum Gasteiger partial charge on any atom is -0.307 e. The molecule has 92 valence electrons. The summed E-state index contributed by atoms with van der Waals surface area (Å²) in [6.45, 7) is 0. The van der Waals surface area contributed by atoms with Crippen LogP contribution in [0.4, 0.5) is 0 Å². The summed E-state index contributed by atoms with van der Waals surface area (Å²) in [5.41, 5.74) is 2.94. The van der Waals surface area contributed by atoms with Gasteiger partial charge in [-0.15, -0.1) is 0 Å². The lowest BCUT2D eigenvalue weighted by Crippen LogP contribution is -2.33. The highest BCUT2D eigenvalue weighted by molar-refractivity contribution is 6.30. The fourth-order valence-electron chi connectivity index (χ4n) is 3.31. The Morgan fingerprint density at radius 3 is 2.71 bits per heavy atom. The van der Waals surface area contributed by atoms with E-state index >= 15 is 0 Å². The molecule has 3 rings (SSSR count). The average molecular weight is 250 g/mol. The molecule has 0 saturated heterocycles. The van der Waals surface area contributed by atoms with E-state index in [0.717, 1.165) is 11.1 Å². The molecule has 0 radical (unpaired) electrons. The van der Waals surface area contributed by atoms with E-state index in [0.29, 0.717) is 6.04 Å². The van der Waals surface area contributed by atoms with Crippen molar-refractivity contribution >= 4 is 11.6 Å². The lowest BCUT2D eigenvalue weighted by molar-refractivity contribution is 0.337. The van der Waals surface area contributed by atoms with E-state index < -0.39 is 0 Å². The van der Waals surface area contributed by atoms with Crippen LogP contribution in [-0.2, 0) is 6.42 Å². The Balaban J connectivity index is 1.70. The van der Waals surface area contributed by atoms with Crippen molar-refractivity contribution in [3.8, 4) is 0 Å². The van der Waals surface area contributed by atoms with Gasteiger partial charge in [0.25, 0.3) is 0 Å².